The van der Waals surface area contributed by atoms with Crippen LogP contribution in [0.2, 0.25) is 0 Å². The lowest BCUT2D eigenvalue weighted by atomic mass is 9.96. The molecule has 0 bridgehead atoms. The molecule has 0 fully saturated rings. The number of hydrogen-bond acceptors (Lipinski definition) is 5. The van der Waals surface area contributed by atoms with Crippen molar-refractivity contribution in [3.63, 3.8) is 0 Å². The molecule has 50 heavy (non-hydrogen) atoms. The molecule has 5 heteroatoms. The lowest BCUT2D eigenvalue weighted by Gasteiger charge is -2.24. The fourth-order valence-corrected chi connectivity index (χ4v) is 7.08. The van der Waals surface area contributed by atoms with Crippen molar-refractivity contribution in [2.75, 3.05) is 0 Å². The van der Waals surface area contributed by atoms with Crippen molar-refractivity contribution in [2.45, 2.75) is 6.17 Å². The van der Waals surface area contributed by atoms with Crippen LogP contribution in [0.4, 0.5) is 0 Å². The number of aliphatic imine (C=N–C) groups is 2. The molecule has 2 aromatic heterocycles. The van der Waals surface area contributed by atoms with Gasteiger partial charge in [-0.05, 0) is 70.3 Å². The summed E-state index contributed by atoms with van der Waals surface area (Å²) in [5.41, 5.74) is 10.8. The van der Waals surface area contributed by atoms with Gasteiger partial charge in [-0.15, -0.1) is 0 Å². The van der Waals surface area contributed by atoms with Gasteiger partial charge in [-0.1, -0.05) is 121 Å². The lowest BCUT2D eigenvalue weighted by Crippen LogP contribution is -2.33. The van der Waals surface area contributed by atoms with Crippen LogP contribution in [-0.4, -0.2) is 11.7 Å². The number of furan rings is 2. The van der Waals surface area contributed by atoms with Gasteiger partial charge in [0.2, 0.25) is 0 Å². The van der Waals surface area contributed by atoms with E-state index in [1.807, 2.05) is 66.7 Å². The molecule has 1 atom stereocenters. The Morgan fingerprint density at radius 3 is 1.80 bits per heavy atom. The number of hydrogen-bond donors (Lipinski definition) is 1. The fourth-order valence-electron chi connectivity index (χ4n) is 7.08. The van der Waals surface area contributed by atoms with E-state index in [-0.39, 0.29) is 6.17 Å². The van der Waals surface area contributed by atoms with Crippen LogP contribution >= 0.6 is 0 Å². The van der Waals surface area contributed by atoms with E-state index in [1.54, 1.807) is 0 Å². The normalized spacial score (nSPS) is 14.6. The number of benzene rings is 7. The minimum atomic E-state index is -0.350. The fraction of sp³-hybridized carbons (Fsp3) is 0.0222. The first-order valence-corrected chi connectivity index (χ1v) is 16.8. The van der Waals surface area contributed by atoms with Gasteiger partial charge in [0, 0.05) is 32.7 Å². The van der Waals surface area contributed by atoms with Gasteiger partial charge in [-0.25, -0.2) is 9.98 Å². The van der Waals surface area contributed by atoms with Crippen LogP contribution in [0.25, 0.3) is 66.1 Å². The number of nitrogens with zero attached hydrogens (tertiary/aromatic N) is 2. The largest absolute Gasteiger partial charge is 0.456 e. The van der Waals surface area contributed by atoms with E-state index in [9.17, 15) is 0 Å². The second-order valence-corrected chi connectivity index (χ2v) is 12.6. The van der Waals surface area contributed by atoms with Crippen LogP contribution in [0.15, 0.2) is 183 Å². The Bertz CT molecular complexity index is 2770. The third kappa shape index (κ3) is 4.79. The standard InChI is InChI=1S/C45H29N3O2/c1-3-11-28(12-4-1)29-19-21-30(22-20-29)33-26-37(42-35-16-8-10-18-39(35)50-41(42)27-33)45-47-43(31-13-5-2-6-14-31)46-44(48-45)32-23-24-40-36(25-32)34-15-7-9-17-38(34)49-40/h1-27,43H,(H,46,47,48). The molecule has 5 nitrogen and oxygen atoms in total. The van der Waals surface area contributed by atoms with Crippen LogP contribution in [0.3, 0.4) is 0 Å². The van der Waals surface area contributed by atoms with Crippen LogP contribution < -0.4 is 5.32 Å². The van der Waals surface area contributed by atoms with Gasteiger partial charge in [-0.2, -0.15) is 0 Å². The van der Waals surface area contributed by atoms with Crippen LogP contribution in [0.1, 0.15) is 22.9 Å². The number of nitrogens with one attached hydrogen (secondary N) is 1. The molecule has 3 heterocycles. The van der Waals surface area contributed by atoms with E-state index in [4.69, 9.17) is 18.8 Å². The highest BCUT2D eigenvalue weighted by molar-refractivity contribution is 6.23. The predicted octanol–water partition coefficient (Wildman–Crippen LogP) is 11.3. The molecule has 0 saturated heterocycles. The molecule has 9 aromatic rings. The highest BCUT2D eigenvalue weighted by Crippen LogP contribution is 2.37. The topological polar surface area (TPSA) is 63.0 Å². The summed E-state index contributed by atoms with van der Waals surface area (Å²) < 4.78 is 12.7. The minimum absolute atomic E-state index is 0.350. The second kappa shape index (κ2) is 11.5. The van der Waals surface area contributed by atoms with Crippen molar-refractivity contribution < 1.29 is 8.83 Å². The minimum Gasteiger partial charge on any atom is -0.456 e. The SMILES string of the molecule is c1ccc(-c2ccc(-c3cc(C4=NC(c5ccc6oc7ccccc7c6c5)=NC(c5ccccc5)N4)c4c(c3)oc3ccccc34)cc2)cc1. The smallest absolute Gasteiger partial charge is 0.159 e. The lowest BCUT2D eigenvalue weighted by molar-refractivity contribution is 0.667. The molecule has 0 saturated carbocycles. The summed E-state index contributed by atoms with van der Waals surface area (Å²) in [6, 6.07) is 56.4. The molecule has 1 aliphatic rings. The molecule has 0 aliphatic carbocycles. The predicted molar refractivity (Wildman–Crippen MR) is 204 cm³/mol. The average molecular weight is 644 g/mol. The van der Waals surface area contributed by atoms with E-state index in [0.717, 1.165) is 77.5 Å². The third-order valence-corrected chi connectivity index (χ3v) is 9.55. The molecule has 0 spiro atoms. The maximum Gasteiger partial charge on any atom is 0.159 e. The summed E-state index contributed by atoms with van der Waals surface area (Å²) in [4.78, 5) is 10.5. The van der Waals surface area contributed by atoms with E-state index in [0.29, 0.717) is 5.84 Å². The number of amidine groups is 2. The Labute approximate surface area is 287 Å². The summed E-state index contributed by atoms with van der Waals surface area (Å²) >= 11 is 0. The monoisotopic (exact) mass is 643 g/mol. The Hall–Kier alpha value is -6.72. The summed E-state index contributed by atoms with van der Waals surface area (Å²) in [7, 11) is 0. The molecule has 0 radical (unpaired) electrons. The third-order valence-electron chi connectivity index (χ3n) is 9.55. The molecule has 7 aromatic carbocycles. The summed E-state index contributed by atoms with van der Waals surface area (Å²) in [5.74, 6) is 1.39. The van der Waals surface area contributed by atoms with Gasteiger partial charge >= 0.3 is 0 Å². The van der Waals surface area contributed by atoms with Crippen molar-refractivity contribution in [3.8, 4) is 22.3 Å². The molecule has 0 amide bonds. The highest BCUT2D eigenvalue weighted by atomic mass is 16.3. The Balaban J connectivity index is 1.17. The number of rotatable bonds is 5. The van der Waals surface area contributed by atoms with Crippen molar-refractivity contribution in [2.24, 2.45) is 9.98 Å². The van der Waals surface area contributed by atoms with E-state index >= 15 is 0 Å². The van der Waals surface area contributed by atoms with Gasteiger partial charge in [0.1, 0.15) is 34.3 Å². The maximum absolute atomic E-state index is 6.52. The first-order chi connectivity index (χ1) is 24.7. The van der Waals surface area contributed by atoms with E-state index < -0.39 is 0 Å². The zero-order valence-corrected chi connectivity index (χ0v) is 26.9. The molecule has 1 unspecified atom stereocenters. The number of fused-ring (bicyclic) bond motifs is 6. The summed E-state index contributed by atoms with van der Waals surface area (Å²) in [6.45, 7) is 0. The second-order valence-electron chi connectivity index (χ2n) is 12.6. The van der Waals surface area contributed by atoms with Crippen LogP contribution in [0.5, 0.6) is 0 Å². The van der Waals surface area contributed by atoms with Gasteiger partial charge in [0.05, 0.1) is 0 Å². The van der Waals surface area contributed by atoms with Crippen molar-refractivity contribution in [1.82, 2.24) is 5.32 Å². The zero-order chi connectivity index (χ0) is 33.0. The van der Waals surface area contributed by atoms with Gasteiger partial charge < -0.3 is 14.2 Å². The van der Waals surface area contributed by atoms with E-state index in [2.05, 4.69) is 102 Å². The van der Waals surface area contributed by atoms with Crippen LogP contribution in [0, 0.1) is 0 Å². The molecule has 1 N–H and O–H groups in total. The highest BCUT2D eigenvalue weighted by Gasteiger charge is 2.25. The quantitative estimate of drug-likeness (QED) is 0.203. The van der Waals surface area contributed by atoms with Crippen molar-refractivity contribution >= 4 is 55.5 Å². The molecule has 10 rings (SSSR count). The van der Waals surface area contributed by atoms with E-state index in [1.165, 1.54) is 11.1 Å². The molecular formula is C45H29N3O2. The molecule has 236 valence electrons. The summed E-state index contributed by atoms with van der Waals surface area (Å²) in [6.07, 6.45) is -0.350. The van der Waals surface area contributed by atoms with Gasteiger partial charge in [0.25, 0.3) is 0 Å². The van der Waals surface area contributed by atoms with Gasteiger partial charge in [-0.3, -0.25) is 0 Å². The Morgan fingerprint density at radius 1 is 0.440 bits per heavy atom. The molecular weight excluding hydrogens is 615 g/mol. The van der Waals surface area contributed by atoms with Gasteiger partial charge in [0.15, 0.2) is 5.84 Å². The zero-order valence-electron chi connectivity index (χ0n) is 26.9. The van der Waals surface area contributed by atoms with Crippen molar-refractivity contribution in [1.29, 1.82) is 0 Å². The molecule has 1 aliphatic heterocycles. The average Bonchev–Trinajstić information content (AvgIpc) is 3.76. The first-order valence-electron chi connectivity index (χ1n) is 16.8. The summed E-state index contributed by atoms with van der Waals surface area (Å²) in [5, 5.41) is 7.87. The first kappa shape index (κ1) is 28.3. The van der Waals surface area contributed by atoms with Crippen LogP contribution in [-0.2, 0) is 0 Å². The number of para-hydroxylation sites is 2. The van der Waals surface area contributed by atoms with Crippen molar-refractivity contribution in [3.05, 3.63) is 180 Å². The Morgan fingerprint density at radius 2 is 1.02 bits per heavy atom. The Kier molecular flexibility index (Phi) is 6.49. The maximum atomic E-state index is 6.52.